The first-order valence-corrected chi connectivity index (χ1v) is 10.9. The van der Waals surface area contributed by atoms with Crippen LogP contribution in [0.5, 0.6) is 5.75 Å². The molecule has 2 aromatic heterocycles. The number of nitrogens with zero attached hydrogens (tertiary/aromatic N) is 5. The highest BCUT2D eigenvalue weighted by molar-refractivity contribution is 6.20. The molecule has 0 fully saturated rings. The lowest BCUT2D eigenvalue weighted by Gasteiger charge is -2.26. The molecule has 0 saturated carbocycles. The Kier molecular flexibility index (Phi) is 6.53. The molecule has 36 heavy (non-hydrogen) atoms. The van der Waals surface area contributed by atoms with E-state index in [1.54, 1.807) is 37.5 Å². The maximum atomic E-state index is 13.8. The van der Waals surface area contributed by atoms with Crippen LogP contribution in [0.15, 0.2) is 54.9 Å². The first-order chi connectivity index (χ1) is 17.0. The molecule has 12 heteroatoms. The standard InChI is InChI=1S/C24H22F3N5O4/c1-23(2,3)36-22(34)32-18-11-7-10-17(29-18)20-30-28-14-31(20)12-4-5-13-35-19-15(21(32)33)8-6-9-16(19)24(25,26)27/h4-11,14H,12-13H2,1-3H3/b5-4+. The zero-order chi connectivity index (χ0) is 26.1. The van der Waals surface area contributed by atoms with Crippen LogP contribution < -0.4 is 9.64 Å². The fourth-order valence-corrected chi connectivity index (χ4v) is 3.44. The van der Waals surface area contributed by atoms with Gasteiger partial charge in [-0.1, -0.05) is 18.2 Å². The Morgan fingerprint density at radius 1 is 1.08 bits per heavy atom. The number of hydrogen-bond donors (Lipinski definition) is 0. The molecule has 2 bridgehead atoms. The van der Waals surface area contributed by atoms with Crippen LogP contribution in [-0.4, -0.2) is 44.0 Å². The zero-order valence-electron chi connectivity index (χ0n) is 19.6. The van der Waals surface area contributed by atoms with Crippen LogP contribution in [0.2, 0.25) is 0 Å². The largest absolute Gasteiger partial charge is 0.488 e. The summed E-state index contributed by atoms with van der Waals surface area (Å²) >= 11 is 0. The molecule has 0 aliphatic carbocycles. The molecule has 188 valence electrons. The average molecular weight is 501 g/mol. The summed E-state index contributed by atoms with van der Waals surface area (Å²) in [4.78, 5) is 31.9. The lowest BCUT2D eigenvalue weighted by molar-refractivity contribution is -0.138. The van der Waals surface area contributed by atoms with E-state index in [0.717, 1.165) is 18.2 Å². The van der Waals surface area contributed by atoms with E-state index >= 15 is 0 Å². The molecular formula is C24H22F3N5O4. The Morgan fingerprint density at radius 3 is 2.56 bits per heavy atom. The van der Waals surface area contributed by atoms with Gasteiger partial charge in [0.15, 0.2) is 5.82 Å². The number of pyridine rings is 1. The molecule has 0 unspecified atom stereocenters. The minimum atomic E-state index is -4.81. The van der Waals surface area contributed by atoms with Gasteiger partial charge in [-0.2, -0.15) is 18.1 Å². The quantitative estimate of drug-likeness (QED) is 0.405. The van der Waals surface area contributed by atoms with E-state index in [4.69, 9.17) is 9.47 Å². The zero-order valence-corrected chi connectivity index (χ0v) is 19.6. The van der Waals surface area contributed by atoms with Gasteiger partial charge in [0.05, 0.1) is 11.1 Å². The van der Waals surface area contributed by atoms with Gasteiger partial charge in [0.1, 0.15) is 35.8 Å². The molecule has 3 aromatic rings. The summed E-state index contributed by atoms with van der Waals surface area (Å²) in [5.41, 5.74) is -2.35. The third-order valence-electron chi connectivity index (χ3n) is 4.93. The van der Waals surface area contributed by atoms with Crippen LogP contribution in [-0.2, 0) is 17.5 Å². The summed E-state index contributed by atoms with van der Waals surface area (Å²) in [6, 6.07) is 7.54. The van der Waals surface area contributed by atoms with Gasteiger partial charge >= 0.3 is 12.3 Å². The normalized spacial score (nSPS) is 15.3. The lowest BCUT2D eigenvalue weighted by Crippen LogP contribution is -2.42. The highest BCUT2D eigenvalue weighted by Crippen LogP contribution is 2.39. The highest BCUT2D eigenvalue weighted by atomic mass is 19.4. The number of carbonyl (C=O) groups is 2. The van der Waals surface area contributed by atoms with E-state index in [1.165, 1.54) is 24.5 Å². The number of aromatic nitrogens is 4. The number of benzene rings is 1. The van der Waals surface area contributed by atoms with Crippen molar-refractivity contribution in [1.29, 1.82) is 0 Å². The summed E-state index contributed by atoms with van der Waals surface area (Å²) < 4.78 is 53.9. The van der Waals surface area contributed by atoms with Crippen molar-refractivity contribution in [2.75, 3.05) is 11.5 Å². The lowest BCUT2D eigenvalue weighted by atomic mass is 10.1. The van der Waals surface area contributed by atoms with Crippen LogP contribution in [0.3, 0.4) is 0 Å². The minimum absolute atomic E-state index is 0.169. The minimum Gasteiger partial charge on any atom is -0.488 e. The predicted octanol–water partition coefficient (Wildman–Crippen LogP) is 4.89. The first-order valence-electron chi connectivity index (χ1n) is 10.9. The molecular weight excluding hydrogens is 479 g/mol. The second-order valence-corrected chi connectivity index (χ2v) is 8.77. The number of halogens is 3. The fourth-order valence-electron chi connectivity index (χ4n) is 3.44. The summed E-state index contributed by atoms with van der Waals surface area (Å²) in [5, 5.41) is 7.95. The molecule has 4 rings (SSSR count). The van der Waals surface area contributed by atoms with Crippen molar-refractivity contribution < 1.29 is 32.2 Å². The van der Waals surface area contributed by atoms with E-state index in [-0.39, 0.29) is 24.7 Å². The molecule has 0 spiro atoms. The topological polar surface area (TPSA) is 99.4 Å². The second kappa shape index (κ2) is 9.44. The molecule has 1 aliphatic rings. The molecule has 9 nitrogen and oxygen atoms in total. The smallest absolute Gasteiger partial charge is 0.423 e. The van der Waals surface area contributed by atoms with Crippen molar-refractivity contribution in [3.63, 3.8) is 0 Å². The first kappa shape index (κ1) is 24.9. The van der Waals surface area contributed by atoms with Crippen molar-refractivity contribution in [1.82, 2.24) is 19.7 Å². The van der Waals surface area contributed by atoms with E-state index in [9.17, 15) is 22.8 Å². The monoisotopic (exact) mass is 501 g/mol. The Balaban J connectivity index is 1.94. The van der Waals surface area contributed by atoms with Gasteiger partial charge in [-0.05, 0) is 51.1 Å². The number of fused-ring (bicyclic) bond motifs is 5. The van der Waals surface area contributed by atoms with E-state index in [2.05, 4.69) is 15.2 Å². The van der Waals surface area contributed by atoms with Gasteiger partial charge in [0.2, 0.25) is 0 Å². The van der Waals surface area contributed by atoms with Gasteiger partial charge in [-0.3, -0.25) is 4.79 Å². The molecule has 0 radical (unpaired) electrons. The number of carbonyl (C=O) groups excluding carboxylic acids is 2. The molecule has 0 saturated heterocycles. The Labute approximate surface area is 204 Å². The van der Waals surface area contributed by atoms with Crippen LogP contribution in [0.25, 0.3) is 11.5 Å². The maximum Gasteiger partial charge on any atom is 0.423 e. The summed E-state index contributed by atoms with van der Waals surface area (Å²) in [7, 11) is 0. The molecule has 1 aromatic carbocycles. The van der Waals surface area contributed by atoms with Crippen LogP contribution in [0.1, 0.15) is 36.7 Å². The Bertz CT molecular complexity index is 1330. The number of rotatable bonds is 0. The summed E-state index contributed by atoms with van der Waals surface area (Å²) in [6.07, 6.45) is -1.31. The maximum absolute atomic E-state index is 13.8. The molecule has 0 N–H and O–H groups in total. The summed E-state index contributed by atoms with van der Waals surface area (Å²) in [6.45, 7) is 4.80. The van der Waals surface area contributed by atoms with Crippen LogP contribution >= 0.6 is 0 Å². The third kappa shape index (κ3) is 5.21. The number of para-hydroxylation sites is 1. The SMILES string of the molecule is CC(C)(C)OC(=O)N1C(=O)c2cccc(C(F)(F)F)c2OC/C=C/Cn2cnnc2-c2cccc1n2. The fraction of sp³-hybridized carbons (Fsp3) is 0.292. The summed E-state index contributed by atoms with van der Waals surface area (Å²) in [5.74, 6) is -1.61. The number of anilines is 1. The molecule has 3 heterocycles. The van der Waals surface area contributed by atoms with E-state index in [0.29, 0.717) is 10.7 Å². The van der Waals surface area contributed by atoms with Crippen molar-refractivity contribution >= 4 is 17.8 Å². The average Bonchev–Trinajstić information content (AvgIpc) is 3.25. The van der Waals surface area contributed by atoms with Gasteiger partial charge in [-0.25, -0.2) is 9.78 Å². The van der Waals surface area contributed by atoms with Crippen molar-refractivity contribution in [3.8, 4) is 17.3 Å². The van der Waals surface area contributed by atoms with Crippen molar-refractivity contribution in [3.05, 3.63) is 66.0 Å². The van der Waals surface area contributed by atoms with Gasteiger partial charge < -0.3 is 14.0 Å². The van der Waals surface area contributed by atoms with Crippen LogP contribution in [0, 0.1) is 0 Å². The van der Waals surface area contributed by atoms with E-state index < -0.39 is 40.7 Å². The van der Waals surface area contributed by atoms with Gasteiger partial charge in [0.25, 0.3) is 5.91 Å². The predicted molar refractivity (Wildman–Crippen MR) is 122 cm³/mol. The third-order valence-corrected chi connectivity index (χ3v) is 4.93. The van der Waals surface area contributed by atoms with Crippen molar-refractivity contribution in [2.45, 2.75) is 39.1 Å². The number of allylic oxidation sites excluding steroid dienone is 1. The number of imide groups is 1. The second-order valence-electron chi connectivity index (χ2n) is 8.77. The highest BCUT2D eigenvalue weighted by Gasteiger charge is 2.39. The molecule has 2 amide bonds. The number of hydrogen-bond acceptors (Lipinski definition) is 7. The molecule has 0 atom stereocenters. The Hall–Kier alpha value is -4.22. The number of ether oxygens (including phenoxy) is 2. The molecule has 1 aliphatic heterocycles. The van der Waals surface area contributed by atoms with Gasteiger partial charge in [0, 0.05) is 6.54 Å². The van der Waals surface area contributed by atoms with Gasteiger partial charge in [-0.15, -0.1) is 10.2 Å². The van der Waals surface area contributed by atoms with Crippen molar-refractivity contribution in [2.24, 2.45) is 0 Å². The number of amides is 2. The van der Waals surface area contributed by atoms with Crippen LogP contribution in [0.4, 0.5) is 23.8 Å². The number of alkyl halides is 3. The Morgan fingerprint density at radius 2 is 1.83 bits per heavy atom. The van der Waals surface area contributed by atoms with E-state index in [1.807, 2.05) is 0 Å².